The fourth-order valence-electron chi connectivity index (χ4n) is 3.93. The Labute approximate surface area is 191 Å². The quantitative estimate of drug-likeness (QED) is 0.419. The summed E-state index contributed by atoms with van der Waals surface area (Å²) < 4.78 is 5.50. The van der Waals surface area contributed by atoms with E-state index in [1.165, 1.54) is 6.07 Å². The monoisotopic (exact) mass is 447 g/mol. The molecule has 9 nitrogen and oxygen atoms in total. The summed E-state index contributed by atoms with van der Waals surface area (Å²) in [6.07, 6.45) is 1.55. The lowest BCUT2D eigenvalue weighted by atomic mass is 10.1. The molecular weight excluding hydrogens is 422 g/mol. The SMILES string of the molecule is CCOc1ccc(-c2cc(N3CCN(C(=O)c4cccc([N+](=O)[O-])c4C)CC3)ncn2)cc1. The van der Waals surface area contributed by atoms with Gasteiger partial charge in [0.05, 0.1) is 17.2 Å². The molecule has 1 aliphatic rings. The number of ether oxygens (including phenoxy) is 1. The second-order valence-corrected chi connectivity index (χ2v) is 7.70. The van der Waals surface area contributed by atoms with E-state index in [2.05, 4.69) is 14.9 Å². The number of rotatable bonds is 6. The number of anilines is 1. The Hall–Kier alpha value is -4.01. The molecule has 170 valence electrons. The third-order valence-corrected chi connectivity index (χ3v) is 5.74. The Bertz CT molecular complexity index is 1160. The van der Waals surface area contributed by atoms with Crippen LogP contribution in [0.1, 0.15) is 22.8 Å². The van der Waals surface area contributed by atoms with E-state index in [1.807, 2.05) is 37.3 Å². The molecule has 33 heavy (non-hydrogen) atoms. The number of hydrogen-bond donors (Lipinski definition) is 0. The summed E-state index contributed by atoms with van der Waals surface area (Å²) in [6.45, 7) is 6.41. The average Bonchev–Trinajstić information content (AvgIpc) is 2.84. The third-order valence-electron chi connectivity index (χ3n) is 5.74. The van der Waals surface area contributed by atoms with Crippen molar-refractivity contribution in [1.29, 1.82) is 0 Å². The van der Waals surface area contributed by atoms with Gasteiger partial charge in [0, 0.05) is 55.0 Å². The van der Waals surface area contributed by atoms with Gasteiger partial charge >= 0.3 is 0 Å². The molecule has 0 N–H and O–H groups in total. The molecular formula is C24H25N5O4. The van der Waals surface area contributed by atoms with Crippen LogP contribution in [0.25, 0.3) is 11.3 Å². The summed E-state index contributed by atoms with van der Waals surface area (Å²) in [5.74, 6) is 1.43. The van der Waals surface area contributed by atoms with E-state index in [1.54, 1.807) is 30.3 Å². The van der Waals surface area contributed by atoms with E-state index in [4.69, 9.17) is 4.74 Å². The number of amides is 1. The van der Waals surface area contributed by atoms with Gasteiger partial charge in [0.25, 0.3) is 11.6 Å². The summed E-state index contributed by atoms with van der Waals surface area (Å²) in [5.41, 5.74) is 2.51. The van der Waals surface area contributed by atoms with Crippen molar-refractivity contribution < 1.29 is 14.5 Å². The first kappa shape index (κ1) is 22.2. The lowest BCUT2D eigenvalue weighted by molar-refractivity contribution is -0.385. The first-order valence-electron chi connectivity index (χ1n) is 10.8. The van der Waals surface area contributed by atoms with Crippen LogP contribution in [0.15, 0.2) is 54.9 Å². The van der Waals surface area contributed by atoms with E-state index in [-0.39, 0.29) is 11.6 Å². The Kier molecular flexibility index (Phi) is 6.48. The van der Waals surface area contributed by atoms with Crippen molar-refractivity contribution in [2.45, 2.75) is 13.8 Å². The zero-order chi connectivity index (χ0) is 23.4. The third kappa shape index (κ3) is 4.77. The Morgan fingerprint density at radius 2 is 1.82 bits per heavy atom. The molecule has 2 aromatic carbocycles. The Morgan fingerprint density at radius 1 is 1.09 bits per heavy atom. The molecule has 4 rings (SSSR count). The minimum Gasteiger partial charge on any atom is -0.494 e. The normalized spacial score (nSPS) is 13.6. The highest BCUT2D eigenvalue weighted by Crippen LogP contribution is 2.25. The molecule has 0 unspecified atom stereocenters. The number of aromatic nitrogens is 2. The van der Waals surface area contributed by atoms with Crippen molar-refractivity contribution >= 4 is 17.4 Å². The van der Waals surface area contributed by atoms with Crippen LogP contribution in [0.3, 0.4) is 0 Å². The van der Waals surface area contributed by atoms with E-state index in [0.29, 0.717) is 43.9 Å². The molecule has 0 saturated carbocycles. The predicted molar refractivity (Wildman–Crippen MR) is 125 cm³/mol. The van der Waals surface area contributed by atoms with Crippen LogP contribution in [0.5, 0.6) is 5.75 Å². The largest absolute Gasteiger partial charge is 0.494 e. The molecule has 0 radical (unpaired) electrons. The number of nitro groups is 1. The zero-order valence-electron chi connectivity index (χ0n) is 18.6. The van der Waals surface area contributed by atoms with Gasteiger partial charge in [0.2, 0.25) is 0 Å². The molecule has 0 spiro atoms. The highest BCUT2D eigenvalue weighted by molar-refractivity contribution is 5.96. The van der Waals surface area contributed by atoms with E-state index < -0.39 is 4.92 Å². The maximum atomic E-state index is 13.0. The summed E-state index contributed by atoms with van der Waals surface area (Å²) >= 11 is 0. The molecule has 1 aromatic heterocycles. The number of benzene rings is 2. The van der Waals surface area contributed by atoms with E-state index in [0.717, 1.165) is 22.8 Å². The van der Waals surface area contributed by atoms with Crippen molar-refractivity contribution in [2.75, 3.05) is 37.7 Å². The highest BCUT2D eigenvalue weighted by Gasteiger charge is 2.26. The molecule has 1 amide bonds. The number of hydrogen-bond acceptors (Lipinski definition) is 7. The summed E-state index contributed by atoms with van der Waals surface area (Å²) in [4.78, 5) is 36.4. The summed E-state index contributed by atoms with van der Waals surface area (Å²) in [5, 5.41) is 11.2. The second kappa shape index (κ2) is 9.64. The number of nitro benzene ring substituents is 1. The van der Waals surface area contributed by atoms with Crippen LogP contribution in [0.4, 0.5) is 11.5 Å². The lowest BCUT2D eigenvalue weighted by Crippen LogP contribution is -2.49. The fraction of sp³-hybridized carbons (Fsp3) is 0.292. The molecule has 2 heterocycles. The van der Waals surface area contributed by atoms with Gasteiger partial charge < -0.3 is 14.5 Å². The molecule has 0 bridgehead atoms. The molecule has 1 aliphatic heterocycles. The highest BCUT2D eigenvalue weighted by atomic mass is 16.6. The van der Waals surface area contributed by atoms with Gasteiger partial charge in [-0.1, -0.05) is 6.07 Å². The second-order valence-electron chi connectivity index (χ2n) is 7.70. The number of carbonyl (C=O) groups is 1. The van der Waals surface area contributed by atoms with Gasteiger partial charge in [0.15, 0.2) is 0 Å². The van der Waals surface area contributed by atoms with Crippen LogP contribution >= 0.6 is 0 Å². The van der Waals surface area contributed by atoms with Crippen molar-refractivity contribution in [3.8, 4) is 17.0 Å². The molecule has 1 fully saturated rings. The summed E-state index contributed by atoms with van der Waals surface area (Å²) in [7, 11) is 0. The molecule has 3 aromatic rings. The van der Waals surface area contributed by atoms with Crippen LogP contribution < -0.4 is 9.64 Å². The van der Waals surface area contributed by atoms with Gasteiger partial charge in [-0.05, 0) is 44.2 Å². The van der Waals surface area contributed by atoms with Gasteiger partial charge in [0.1, 0.15) is 17.9 Å². The minimum absolute atomic E-state index is 0.0395. The summed E-state index contributed by atoms with van der Waals surface area (Å²) in [6, 6.07) is 14.3. The van der Waals surface area contributed by atoms with Crippen molar-refractivity contribution in [2.24, 2.45) is 0 Å². The topological polar surface area (TPSA) is 102 Å². The smallest absolute Gasteiger partial charge is 0.273 e. The molecule has 9 heteroatoms. The molecule has 0 atom stereocenters. The maximum Gasteiger partial charge on any atom is 0.273 e. The van der Waals surface area contributed by atoms with Crippen molar-refractivity contribution in [3.05, 3.63) is 76.1 Å². The van der Waals surface area contributed by atoms with Crippen molar-refractivity contribution in [3.63, 3.8) is 0 Å². The first-order chi connectivity index (χ1) is 16.0. The van der Waals surface area contributed by atoms with Crippen LogP contribution in [0, 0.1) is 17.0 Å². The van der Waals surface area contributed by atoms with E-state index >= 15 is 0 Å². The van der Waals surface area contributed by atoms with Gasteiger partial charge in [-0.3, -0.25) is 14.9 Å². The lowest BCUT2D eigenvalue weighted by Gasteiger charge is -2.35. The van der Waals surface area contributed by atoms with Crippen LogP contribution in [-0.4, -0.2) is 58.5 Å². The zero-order valence-corrected chi connectivity index (χ0v) is 18.6. The number of carbonyl (C=O) groups excluding carboxylic acids is 1. The average molecular weight is 447 g/mol. The fourth-order valence-corrected chi connectivity index (χ4v) is 3.93. The molecule has 1 saturated heterocycles. The maximum absolute atomic E-state index is 13.0. The minimum atomic E-state index is -0.457. The Morgan fingerprint density at radius 3 is 2.48 bits per heavy atom. The first-order valence-corrected chi connectivity index (χ1v) is 10.8. The van der Waals surface area contributed by atoms with Crippen molar-refractivity contribution in [1.82, 2.24) is 14.9 Å². The van der Waals surface area contributed by atoms with Gasteiger partial charge in [-0.15, -0.1) is 0 Å². The van der Waals surface area contributed by atoms with E-state index in [9.17, 15) is 14.9 Å². The predicted octanol–water partition coefficient (Wildman–Crippen LogP) is 3.72. The van der Waals surface area contributed by atoms with Crippen LogP contribution in [-0.2, 0) is 0 Å². The standard InChI is InChI=1S/C24H25N5O4/c1-3-33-19-9-7-18(8-10-19)21-15-23(26-16-25-21)27-11-13-28(14-12-27)24(30)20-5-4-6-22(17(20)2)29(31)32/h4-10,15-16H,3,11-14H2,1-2H3. The van der Waals surface area contributed by atoms with Gasteiger partial charge in [-0.25, -0.2) is 9.97 Å². The number of piperazine rings is 1. The number of nitrogens with zero attached hydrogens (tertiary/aromatic N) is 5. The van der Waals surface area contributed by atoms with Gasteiger partial charge in [-0.2, -0.15) is 0 Å². The van der Waals surface area contributed by atoms with Crippen LogP contribution in [0.2, 0.25) is 0 Å². The molecule has 0 aliphatic carbocycles. The Balaban J connectivity index is 1.44.